The van der Waals surface area contributed by atoms with E-state index in [4.69, 9.17) is 5.11 Å². The molecule has 1 aromatic carbocycles. The molecular weight excluding hydrogens is 238 g/mol. The number of nitrogens with zero attached hydrogens (tertiary/aromatic N) is 2. The van der Waals surface area contributed by atoms with Gasteiger partial charge in [-0.05, 0) is 18.2 Å². The van der Waals surface area contributed by atoms with E-state index in [0.717, 1.165) is 15.6 Å². The molecule has 0 aliphatic carbocycles. The lowest BCUT2D eigenvalue weighted by Crippen LogP contribution is -2.05. The van der Waals surface area contributed by atoms with Crippen LogP contribution in [0.25, 0.3) is 0 Å². The summed E-state index contributed by atoms with van der Waals surface area (Å²) in [4.78, 5) is 20.2. The van der Waals surface area contributed by atoms with Gasteiger partial charge in [0.1, 0.15) is 5.03 Å². The van der Waals surface area contributed by atoms with Crippen LogP contribution in [-0.4, -0.2) is 21.0 Å². The maximum Gasteiger partial charge on any atom is 0.335 e. The monoisotopic (exact) mass is 245 g/mol. The molecule has 0 radical (unpaired) electrons. The number of anilines is 2. The fourth-order valence-electron chi connectivity index (χ4n) is 1.57. The number of hydrogen-bond acceptors (Lipinski definition) is 5. The van der Waals surface area contributed by atoms with E-state index in [1.54, 1.807) is 30.6 Å². The van der Waals surface area contributed by atoms with Gasteiger partial charge in [-0.15, -0.1) is 0 Å². The van der Waals surface area contributed by atoms with Crippen molar-refractivity contribution in [2.75, 3.05) is 5.32 Å². The minimum atomic E-state index is -0.940. The van der Waals surface area contributed by atoms with Crippen molar-refractivity contribution in [3.05, 3.63) is 36.2 Å². The average molecular weight is 245 g/mol. The maximum atomic E-state index is 10.9. The number of benzene rings is 1. The Hall–Kier alpha value is -2.08. The molecule has 5 nitrogen and oxygen atoms in total. The lowest BCUT2D eigenvalue weighted by molar-refractivity contribution is 0.0697. The van der Waals surface area contributed by atoms with E-state index in [9.17, 15) is 4.79 Å². The Morgan fingerprint density at radius 3 is 2.94 bits per heavy atom. The molecule has 0 saturated heterocycles. The predicted octanol–water partition coefficient (Wildman–Crippen LogP) is 2.38. The first kappa shape index (κ1) is 10.1. The molecule has 17 heavy (non-hydrogen) atoms. The first-order valence-corrected chi connectivity index (χ1v) is 5.69. The summed E-state index contributed by atoms with van der Waals surface area (Å²) >= 11 is 1.47. The summed E-state index contributed by atoms with van der Waals surface area (Å²) in [5, 5.41) is 12.8. The molecular formula is C11H7N3O2S. The zero-order valence-corrected chi connectivity index (χ0v) is 9.36. The number of aromatic carboxylic acids is 1. The van der Waals surface area contributed by atoms with E-state index in [1.807, 2.05) is 0 Å². The first-order valence-electron chi connectivity index (χ1n) is 4.87. The second-order valence-electron chi connectivity index (χ2n) is 3.45. The Kier molecular flexibility index (Phi) is 2.22. The van der Waals surface area contributed by atoms with Crippen molar-refractivity contribution in [2.24, 2.45) is 0 Å². The third kappa shape index (κ3) is 1.72. The van der Waals surface area contributed by atoms with Crippen molar-refractivity contribution in [1.29, 1.82) is 0 Å². The SMILES string of the molecule is O=C(O)c1ccc2c(c1)Nc1nccnc1S2. The van der Waals surface area contributed by atoms with Gasteiger partial charge in [0.25, 0.3) is 0 Å². The van der Waals surface area contributed by atoms with E-state index in [-0.39, 0.29) is 5.56 Å². The van der Waals surface area contributed by atoms with Gasteiger partial charge in [0.15, 0.2) is 5.82 Å². The van der Waals surface area contributed by atoms with Crippen molar-refractivity contribution >= 4 is 29.2 Å². The average Bonchev–Trinajstić information content (AvgIpc) is 2.35. The van der Waals surface area contributed by atoms with Gasteiger partial charge in [-0.25, -0.2) is 14.8 Å². The van der Waals surface area contributed by atoms with Gasteiger partial charge in [0.05, 0.1) is 11.3 Å². The summed E-state index contributed by atoms with van der Waals surface area (Å²) in [6, 6.07) is 4.95. The van der Waals surface area contributed by atoms with E-state index < -0.39 is 5.97 Å². The van der Waals surface area contributed by atoms with Crippen LogP contribution in [0.5, 0.6) is 0 Å². The van der Waals surface area contributed by atoms with Gasteiger partial charge >= 0.3 is 5.97 Å². The topological polar surface area (TPSA) is 75.1 Å². The summed E-state index contributed by atoms with van der Waals surface area (Å²) in [5.41, 5.74) is 1.01. The summed E-state index contributed by atoms with van der Waals surface area (Å²) < 4.78 is 0. The first-order chi connectivity index (χ1) is 8.24. The lowest BCUT2D eigenvalue weighted by Gasteiger charge is -2.18. The third-order valence-corrected chi connectivity index (χ3v) is 3.42. The Morgan fingerprint density at radius 2 is 2.12 bits per heavy atom. The number of aromatic nitrogens is 2. The maximum absolute atomic E-state index is 10.9. The third-order valence-electron chi connectivity index (χ3n) is 2.35. The van der Waals surface area contributed by atoms with Gasteiger partial charge < -0.3 is 10.4 Å². The number of carbonyl (C=O) groups is 1. The Morgan fingerprint density at radius 1 is 1.29 bits per heavy atom. The van der Waals surface area contributed by atoms with Crippen molar-refractivity contribution < 1.29 is 9.90 Å². The van der Waals surface area contributed by atoms with Gasteiger partial charge in [-0.1, -0.05) is 11.8 Å². The van der Waals surface area contributed by atoms with E-state index in [0.29, 0.717) is 5.82 Å². The summed E-state index contributed by atoms with van der Waals surface area (Å²) in [5.74, 6) is -0.280. The van der Waals surface area contributed by atoms with Gasteiger partial charge in [-0.2, -0.15) is 0 Å². The molecule has 84 valence electrons. The molecule has 1 aliphatic heterocycles. The van der Waals surface area contributed by atoms with Crippen LogP contribution in [0.4, 0.5) is 11.5 Å². The summed E-state index contributed by atoms with van der Waals surface area (Å²) in [7, 11) is 0. The number of carboxylic acid groups (broad SMARTS) is 1. The minimum absolute atomic E-state index is 0.254. The molecule has 1 aromatic heterocycles. The Labute approximate surface area is 101 Å². The van der Waals surface area contributed by atoms with E-state index in [2.05, 4.69) is 15.3 Å². The number of rotatable bonds is 1. The molecule has 2 aromatic rings. The van der Waals surface area contributed by atoms with Gasteiger partial charge in [0.2, 0.25) is 0 Å². The normalized spacial score (nSPS) is 12.2. The lowest BCUT2D eigenvalue weighted by atomic mass is 10.2. The van der Waals surface area contributed by atoms with Crippen molar-refractivity contribution in [3.63, 3.8) is 0 Å². The molecule has 1 aliphatic rings. The Balaban J connectivity index is 2.06. The largest absolute Gasteiger partial charge is 0.478 e. The predicted molar refractivity (Wildman–Crippen MR) is 62.8 cm³/mol. The highest BCUT2D eigenvalue weighted by molar-refractivity contribution is 7.99. The highest BCUT2D eigenvalue weighted by Crippen LogP contribution is 2.41. The van der Waals surface area contributed by atoms with Crippen molar-refractivity contribution in [1.82, 2.24) is 9.97 Å². The van der Waals surface area contributed by atoms with Crippen LogP contribution < -0.4 is 5.32 Å². The number of carboxylic acids is 1. The molecule has 0 amide bonds. The van der Waals surface area contributed by atoms with Crippen LogP contribution in [0.3, 0.4) is 0 Å². The van der Waals surface area contributed by atoms with Crippen LogP contribution in [0, 0.1) is 0 Å². The van der Waals surface area contributed by atoms with Crippen LogP contribution in [0.2, 0.25) is 0 Å². The van der Waals surface area contributed by atoms with Gasteiger partial charge in [0, 0.05) is 17.3 Å². The minimum Gasteiger partial charge on any atom is -0.478 e. The number of hydrogen-bond donors (Lipinski definition) is 2. The number of nitrogens with one attached hydrogen (secondary N) is 1. The van der Waals surface area contributed by atoms with Gasteiger partial charge in [-0.3, -0.25) is 0 Å². The van der Waals surface area contributed by atoms with E-state index in [1.165, 1.54) is 11.8 Å². The van der Waals surface area contributed by atoms with Crippen LogP contribution in [0.1, 0.15) is 10.4 Å². The molecule has 6 heteroatoms. The van der Waals surface area contributed by atoms with Crippen LogP contribution >= 0.6 is 11.8 Å². The molecule has 2 N–H and O–H groups in total. The molecule has 3 rings (SSSR count). The standard InChI is InChI=1S/C11H7N3O2S/c15-11(16)6-1-2-8-7(5-6)14-9-10(17-8)13-4-3-12-9/h1-5H,(H,12,14)(H,15,16). The van der Waals surface area contributed by atoms with Crippen molar-refractivity contribution in [3.8, 4) is 0 Å². The fourth-order valence-corrected chi connectivity index (χ4v) is 2.45. The summed E-state index contributed by atoms with van der Waals surface area (Å²) in [6.07, 6.45) is 3.22. The Bertz CT molecular complexity index is 615. The highest BCUT2D eigenvalue weighted by Gasteiger charge is 2.18. The molecule has 0 spiro atoms. The molecule has 0 bridgehead atoms. The molecule has 0 saturated carbocycles. The quantitative estimate of drug-likeness (QED) is 0.685. The van der Waals surface area contributed by atoms with Crippen LogP contribution in [0.15, 0.2) is 40.5 Å². The molecule has 2 heterocycles. The molecule has 0 unspecified atom stereocenters. The smallest absolute Gasteiger partial charge is 0.335 e. The van der Waals surface area contributed by atoms with Crippen molar-refractivity contribution in [2.45, 2.75) is 9.92 Å². The second-order valence-corrected chi connectivity index (χ2v) is 4.48. The molecule has 0 atom stereocenters. The fraction of sp³-hybridized carbons (Fsp3) is 0. The number of fused-ring (bicyclic) bond motifs is 2. The molecule has 0 fully saturated rings. The van der Waals surface area contributed by atoms with Crippen LogP contribution in [-0.2, 0) is 0 Å². The highest BCUT2D eigenvalue weighted by atomic mass is 32.2. The zero-order chi connectivity index (χ0) is 11.8. The van der Waals surface area contributed by atoms with E-state index >= 15 is 0 Å². The summed E-state index contributed by atoms with van der Waals surface area (Å²) in [6.45, 7) is 0. The zero-order valence-electron chi connectivity index (χ0n) is 8.54. The second kappa shape index (κ2) is 3.74.